The van der Waals surface area contributed by atoms with Gasteiger partial charge in [-0.25, -0.2) is 0 Å². The van der Waals surface area contributed by atoms with Crippen LogP contribution in [0.5, 0.6) is 0 Å². The van der Waals surface area contributed by atoms with Crippen molar-refractivity contribution in [3.63, 3.8) is 0 Å². The molecule has 84 valence electrons. The van der Waals surface area contributed by atoms with Crippen LogP contribution in [0.15, 0.2) is 0 Å². The molecule has 1 fully saturated rings. The monoisotopic (exact) mass is 197 g/mol. The Morgan fingerprint density at radius 2 is 2.00 bits per heavy atom. The van der Waals surface area contributed by atoms with E-state index in [1.54, 1.807) is 0 Å². The zero-order valence-electron chi connectivity index (χ0n) is 10.3. The molecule has 1 aliphatic carbocycles. The Balaban J connectivity index is 2.42. The molecular weight excluding hydrogens is 170 g/mol. The van der Waals surface area contributed by atoms with Gasteiger partial charge in [-0.3, -0.25) is 0 Å². The van der Waals surface area contributed by atoms with Crippen LogP contribution < -0.4 is 5.32 Å². The van der Waals surface area contributed by atoms with Gasteiger partial charge >= 0.3 is 0 Å². The van der Waals surface area contributed by atoms with Crippen molar-refractivity contribution in [1.29, 1.82) is 0 Å². The highest BCUT2D eigenvalue weighted by Gasteiger charge is 2.25. The molecule has 3 unspecified atom stereocenters. The van der Waals surface area contributed by atoms with Crippen LogP contribution in [0.25, 0.3) is 0 Å². The van der Waals surface area contributed by atoms with E-state index in [0.29, 0.717) is 0 Å². The second-order valence-electron chi connectivity index (χ2n) is 5.56. The summed E-state index contributed by atoms with van der Waals surface area (Å²) in [6.07, 6.45) is 7.13. The summed E-state index contributed by atoms with van der Waals surface area (Å²) in [5, 5.41) is 3.52. The molecular formula is C13H27N. The third-order valence-corrected chi connectivity index (χ3v) is 3.64. The van der Waals surface area contributed by atoms with Gasteiger partial charge in [0.05, 0.1) is 0 Å². The lowest BCUT2D eigenvalue weighted by Crippen LogP contribution is -2.37. The van der Waals surface area contributed by atoms with Crippen LogP contribution in [-0.2, 0) is 0 Å². The average Bonchev–Trinajstić information content (AvgIpc) is 2.14. The van der Waals surface area contributed by atoms with Crippen molar-refractivity contribution in [2.24, 2.45) is 17.8 Å². The smallest absolute Gasteiger partial charge is 0.00948 e. The van der Waals surface area contributed by atoms with E-state index in [-0.39, 0.29) is 0 Å². The Labute approximate surface area is 89.7 Å². The van der Waals surface area contributed by atoms with Crippen LogP contribution in [-0.4, -0.2) is 13.1 Å². The minimum Gasteiger partial charge on any atom is -0.317 e. The Morgan fingerprint density at radius 1 is 1.29 bits per heavy atom. The van der Waals surface area contributed by atoms with Crippen molar-refractivity contribution in [3.8, 4) is 0 Å². The van der Waals surface area contributed by atoms with Gasteiger partial charge in [-0.1, -0.05) is 33.6 Å². The van der Waals surface area contributed by atoms with E-state index < -0.39 is 0 Å². The van der Waals surface area contributed by atoms with E-state index in [9.17, 15) is 0 Å². The zero-order valence-corrected chi connectivity index (χ0v) is 10.3. The van der Waals surface area contributed by atoms with E-state index in [1.807, 2.05) is 0 Å². The third-order valence-electron chi connectivity index (χ3n) is 3.64. The largest absolute Gasteiger partial charge is 0.317 e. The topological polar surface area (TPSA) is 12.0 Å². The fraction of sp³-hybridized carbons (Fsp3) is 1.00. The maximum Gasteiger partial charge on any atom is 0.00948 e. The summed E-state index contributed by atoms with van der Waals surface area (Å²) in [5.41, 5.74) is 0. The summed E-state index contributed by atoms with van der Waals surface area (Å²) in [6, 6.07) is 0.762. The molecule has 0 aliphatic heterocycles. The minimum atomic E-state index is 0.762. The van der Waals surface area contributed by atoms with Crippen LogP contribution in [0, 0.1) is 17.8 Å². The highest BCUT2D eigenvalue weighted by Crippen LogP contribution is 2.32. The molecule has 0 aromatic rings. The minimum absolute atomic E-state index is 0.762. The SMILES string of the molecule is CNC(CC(C)C)C1CCCC(C)C1. The van der Waals surface area contributed by atoms with Crippen molar-refractivity contribution >= 4 is 0 Å². The summed E-state index contributed by atoms with van der Waals surface area (Å²) in [6.45, 7) is 7.07. The van der Waals surface area contributed by atoms with E-state index in [1.165, 1.54) is 32.1 Å². The van der Waals surface area contributed by atoms with Gasteiger partial charge in [-0.2, -0.15) is 0 Å². The van der Waals surface area contributed by atoms with E-state index in [4.69, 9.17) is 0 Å². The van der Waals surface area contributed by atoms with Crippen LogP contribution in [0.1, 0.15) is 52.9 Å². The van der Waals surface area contributed by atoms with Crippen LogP contribution >= 0.6 is 0 Å². The van der Waals surface area contributed by atoms with Gasteiger partial charge in [0.1, 0.15) is 0 Å². The molecule has 1 rings (SSSR count). The number of hydrogen-bond acceptors (Lipinski definition) is 1. The molecule has 1 heteroatoms. The number of rotatable bonds is 4. The van der Waals surface area contributed by atoms with Crippen LogP contribution in [0.3, 0.4) is 0 Å². The summed E-state index contributed by atoms with van der Waals surface area (Å²) >= 11 is 0. The van der Waals surface area contributed by atoms with Crippen molar-refractivity contribution < 1.29 is 0 Å². The summed E-state index contributed by atoms with van der Waals surface area (Å²) in [7, 11) is 2.13. The molecule has 1 saturated carbocycles. The lowest BCUT2D eigenvalue weighted by atomic mass is 9.76. The summed E-state index contributed by atoms with van der Waals surface area (Å²) in [5.74, 6) is 2.72. The van der Waals surface area contributed by atoms with Gasteiger partial charge in [0.25, 0.3) is 0 Å². The van der Waals surface area contributed by atoms with Gasteiger partial charge in [-0.15, -0.1) is 0 Å². The fourth-order valence-electron chi connectivity index (χ4n) is 2.90. The first-order valence-electron chi connectivity index (χ1n) is 6.30. The lowest BCUT2D eigenvalue weighted by Gasteiger charge is -2.34. The summed E-state index contributed by atoms with van der Waals surface area (Å²) < 4.78 is 0. The third kappa shape index (κ3) is 3.61. The maximum atomic E-state index is 3.52. The maximum absolute atomic E-state index is 3.52. The second-order valence-corrected chi connectivity index (χ2v) is 5.56. The lowest BCUT2D eigenvalue weighted by molar-refractivity contribution is 0.210. The summed E-state index contributed by atoms with van der Waals surface area (Å²) in [4.78, 5) is 0. The molecule has 0 heterocycles. The van der Waals surface area contributed by atoms with Crippen molar-refractivity contribution in [2.45, 2.75) is 58.9 Å². The fourth-order valence-corrected chi connectivity index (χ4v) is 2.90. The van der Waals surface area contributed by atoms with Crippen molar-refractivity contribution in [2.75, 3.05) is 7.05 Å². The van der Waals surface area contributed by atoms with E-state index in [2.05, 4.69) is 33.1 Å². The molecule has 0 amide bonds. The normalized spacial score (nSPS) is 30.6. The first-order valence-corrected chi connectivity index (χ1v) is 6.30. The molecule has 0 saturated heterocycles. The van der Waals surface area contributed by atoms with Crippen LogP contribution in [0.2, 0.25) is 0 Å². The molecule has 0 radical (unpaired) electrons. The van der Waals surface area contributed by atoms with Gasteiger partial charge in [0.15, 0.2) is 0 Å². The molecule has 14 heavy (non-hydrogen) atoms. The average molecular weight is 197 g/mol. The molecule has 1 N–H and O–H groups in total. The Kier molecular flexibility index (Phi) is 4.94. The zero-order chi connectivity index (χ0) is 10.6. The van der Waals surface area contributed by atoms with Gasteiger partial charge in [-0.05, 0) is 44.1 Å². The highest BCUT2D eigenvalue weighted by atomic mass is 14.9. The van der Waals surface area contributed by atoms with Crippen molar-refractivity contribution in [3.05, 3.63) is 0 Å². The second kappa shape index (κ2) is 5.75. The van der Waals surface area contributed by atoms with Crippen molar-refractivity contribution in [1.82, 2.24) is 5.32 Å². The highest BCUT2D eigenvalue weighted by molar-refractivity contribution is 4.81. The standard InChI is InChI=1S/C13H27N/c1-10(2)8-13(14-4)12-7-5-6-11(3)9-12/h10-14H,5-9H2,1-4H3. The molecule has 3 atom stereocenters. The van der Waals surface area contributed by atoms with Crippen LogP contribution in [0.4, 0.5) is 0 Å². The molecule has 0 spiro atoms. The predicted octanol–water partition coefficient (Wildman–Crippen LogP) is 3.45. The molecule has 1 nitrogen and oxygen atoms in total. The van der Waals surface area contributed by atoms with E-state index >= 15 is 0 Å². The first-order chi connectivity index (χ1) is 6.63. The predicted molar refractivity (Wildman–Crippen MR) is 63.4 cm³/mol. The number of nitrogens with one attached hydrogen (secondary N) is 1. The molecule has 0 aromatic carbocycles. The van der Waals surface area contributed by atoms with Gasteiger partial charge in [0, 0.05) is 6.04 Å². The number of hydrogen-bond donors (Lipinski definition) is 1. The van der Waals surface area contributed by atoms with Gasteiger partial charge < -0.3 is 5.32 Å². The first kappa shape index (κ1) is 12.0. The van der Waals surface area contributed by atoms with E-state index in [0.717, 1.165) is 23.8 Å². The van der Waals surface area contributed by atoms with Gasteiger partial charge in [0.2, 0.25) is 0 Å². The molecule has 0 bridgehead atoms. The molecule has 1 aliphatic rings. The Hall–Kier alpha value is -0.0400. The molecule has 0 aromatic heterocycles. The Morgan fingerprint density at radius 3 is 2.50 bits per heavy atom. The quantitative estimate of drug-likeness (QED) is 0.728. The Bertz CT molecular complexity index is 151.